The molecule has 22 heavy (non-hydrogen) atoms. The minimum atomic E-state index is -0.986. The molecule has 2 aromatic rings. The highest BCUT2D eigenvalue weighted by atomic mass is 16.4. The lowest BCUT2D eigenvalue weighted by Crippen LogP contribution is -2.44. The summed E-state index contributed by atoms with van der Waals surface area (Å²) in [6.07, 6.45) is 3.16. The van der Waals surface area contributed by atoms with Crippen molar-refractivity contribution in [3.8, 4) is 0 Å². The fraction of sp³-hybridized carbons (Fsp3) is 0.412. The van der Waals surface area contributed by atoms with E-state index in [-0.39, 0.29) is 11.9 Å². The number of aryl methyl sites for hydroxylation is 2. The summed E-state index contributed by atoms with van der Waals surface area (Å²) < 4.78 is 5.50. The van der Waals surface area contributed by atoms with E-state index in [1.54, 1.807) is 6.92 Å². The van der Waals surface area contributed by atoms with E-state index in [1.165, 1.54) is 11.2 Å². The van der Waals surface area contributed by atoms with Crippen molar-refractivity contribution in [1.82, 2.24) is 4.90 Å². The Hall–Kier alpha value is -2.30. The van der Waals surface area contributed by atoms with E-state index in [1.807, 2.05) is 26.0 Å². The summed E-state index contributed by atoms with van der Waals surface area (Å²) in [5.41, 5.74) is 3.27. The Balaban J connectivity index is 2.03. The van der Waals surface area contributed by atoms with Crippen LogP contribution in [0.3, 0.4) is 0 Å². The summed E-state index contributed by atoms with van der Waals surface area (Å²) in [5.74, 6) is -1.25. The number of aliphatic carboxylic acids is 1. The van der Waals surface area contributed by atoms with Gasteiger partial charge in [0.25, 0.3) is 5.91 Å². The monoisotopic (exact) mass is 301 g/mol. The molecule has 1 aliphatic carbocycles. The zero-order valence-corrected chi connectivity index (χ0v) is 12.9. The van der Waals surface area contributed by atoms with Crippen LogP contribution in [0.15, 0.2) is 22.8 Å². The van der Waals surface area contributed by atoms with E-state index in [0.29, 0.717) is 11.1 Å². The third kappa shape index (κ3) is 2.36. The first-order valence-corrected chi connectivity index (χ1v) is 7.44. The average Bonchev–Trinajstić information content (AvgIpc) is 3.21. The number of carboxylic acid groups (broad SMARTS) is 1. The first-order chi connectivity index (χ1) is 10.4. The maximum atomic E-state index is 12.8. The Morgan fingerprint density at radius 2 is 1.91 bits per heavy atom. The third-order valence-electron chi connectivity index (χ3n) is 4.37. The fourth-order valence-electron chi connectivity index (χ4n) is 2.72. The number of rotatable bonds is 4. The molecule has 3 rings (SSSR count). The number of carbonyl (C=O) groups is 2. The molecule has 0 aliphatic heterocycles. The van der Waals surface area contributed by atoms with Gasteiger partial charge in [0.05, 0.1) is 5.56 Å². The molecular weight excluding hydrogens is 282 g/mol. The van der Waals surface area contributed by atoms with Gasteiger partial charge in [0.15, 0.2) is 0 Å². The van der Waals surface area contributed by atoms with Crippen LogP contribution in [0.4, 0.5) is 0 Å². The Kier molecular flexibility index (Phi) is 3.43. The van der Waals surface area contributed by atoms with Crippen LogP contribution < -0.4 is 0 Å². The van der Waals surface area contributed by atoms with Crippen molar-refractivity contribution in [2.24, 2.45) is 0 Å². The summed E-state index contributed by atoms with van der Waals surface area (Å²) in [5, 5.41) is 10.00. The second-order valence-corrected chi connectivity index (χ2v) is 6.04. The zero-order valence-electron chi connectivity index (χ0n) is 12.9. The molecule has 116 valence electrons. The van der Waals surface area contributed by atoms with Gasteiger partial charge in [-0.3, -0.25) is 4.79 Å². The highest BCUT2D eigenvalue weighted by Gasteiger charge is 2.39. The normalized spacial score (nSPS) is 15.8. The predicted octanol–water partition coefficient (Wildman–Crippen LogP) is 3.13. The van der Waals surface area contributed by atoms with Crippen LogP contribution in [0.1, 0.15) is 41.3 Å². The second kappa shape index (κ2) is 5.16. The van der Waals surface area contributed by atoms with E-state index >= 15 is 0 Å². The van der Waals surface area contributed by atoms with Gasteiger partial charge in [-0.2, -0.15) is 0 Å². The number of fused-ring (bicyclic) bond motifs is 1. The SMILES string of the molecule is Cc1cc2occ(C(=O)N(C3CC3)C(C)C(=O)O)c2cc1C. The number of carbonyl (C=O) groups excluding carboxylic acids is 1. The Bertz CT molecular complexity index is 757. The molecule has 1 amide bonds. The molecule has 1 fully saturated rings. The minimum Gasteiger partial charge on any atom is -0.480 e. The smallest absolute Gasteiger partial charge is 0.326 e. The van der Waals surface area contributed by atoms with Crippen LogP contribution in [0.25, 0.3) is 11.0 Å². The molecule has 0 spiro atoms. The molecule has 5 nitrogen and oxygen atoms in total. The van der Waals surface area contributed by atoms with Crippen LogP contribution in [0.2, 0.25) is 0 Å². The van der Waals surface area contributed by atoms with E-state index in [9.17, 15) is 14.7 Å². The number of furan rings is 1. The largest absolute Gasteiger partial charge is 0.480 e. The lowest BCUT2D eigenvalue weighted by molar-refractivity contribution is -0.141. The highest BCUT2D eigenvalue weighted by Crippen LogP contribution is 2.33. The number of hydrogen-bond donors (Lipinski definition) is 1. The summed E-state index contributed by atoms with van der Waals surface area (Å²) in [7, 11) is 0. The van der Waals surface area contributed by atoms with Gasteiger partial charge in [-0.25, -0.2) is 4.79 Å². The molecule has 1 aliphatic rings. The van der Waals surface area contributed by atoms with Crippen molar-refractivity contribution in [2.75, 3.05) is 0 Å². The molecule has 1 atom stereocenters. The number of hydrogen-bond acceptors (Lipinski definition) is 3. The predicted molar refractivity (Wildman–Crippen MR) is 82.0 cm³/mol. The second-order valence-electron chi connectivity index (χ2n) is 6.04. The van der Waals surface area contributed by atoms with E-state index in [2.05, 4.69) is 0 Å². The minimum absolute atomic E-state index is 0.0232. The van der Waals surface area contributed by atoms with E-state index in [4.69, 9.17) is 4.42 Å². The summed E-state index contributed by atoms with van der Waals surface area (Å²) in [6, 6.07) is 3.02. The molecule has 1 N–H and O–H groups in total. The molecule has 0 bridgehead atoms. The van der Waals surface area contributed by atoms with Crippen molar-refractivity contribution in [2.45, 2.75) is 45.7 Å². The standard InChI is InChI=1S/C17H19NO4/c1-9-6-13-14(8-22-15(13)7-10(9)2)16(19)18(12-4-5-12)11(3)17(20)21/h6-8,11-12H,4-5H2,1-3H3,(H,20,21). The van der Waals surface area contributed by atoms with Crippen molar-refractivity contribution in [3.05, 3.63) is 35.1 Å². The first kappa shape index (κ1) is 14.6. The Labute approximate surface area is 128 Å². The number of carboxylic acids is 1. The molecule has 5 heteroatoms. The van der Waals surface area contributed by atoms with Crippen molar-refractivity contribution in [1.29, 1.82) is 0 Å². The number of amides is 1. The molecular formula is C17H19NO4. The van der Waals surface area contributed by atoms with Gasteiger partial charge in [0.1, 0.15) is 17.9 Å². The maximum absolute atomic E-state index is 12.8. The Morgan fingerprint density at radius 1 is 1.27 bits per heavy atom. The van der Waals surface area contributed by atoms with Crippen molar-refractivity contribution < 1.29 is 19.1 Å². The van der Waals surface area contributed by atoms with Gasteiger partial charge < -0.3 is 14.4 Å². The van der Waals surface area contributed by atoms with Crippen LogP contribution in [-0.2, 0) is 4.79 Å². The highest BCUT2D eigenvalue weighted by molar-refractivity contribution is 6.07. The molecule has 1 saturated carbocycles. The molecule has 1 unspecified atom stereocenters. The third-order valence-corrected chi connectivity index (χ3v) is 4.37. The molecule has 1 heterocycles. The van der Waals surface area contributed by atoms with Crippen LogP contribution in [0.5, 0.6) is 0 Å². The van der Waals surface area contributed by atoms with Crippen molar-refractivity contribution >= 4 is 22.8 Å². The quantitative estimate of drug-likeness (QED) is 0.942. The first-order valence-electron chi connectivity index (χ1n) is 7.44. The molecule has 0 saturated heterocycles. The molecule has 0 radical (unpaired) electrons. The van der Waals surface area contributed by atoms with Gasteiger partial charge in [-0.15, -0.1) is 0 Å². The van der Waals surface area contributed by atoms with Crippen LogP contribution in [-0.4, -0.2) is 34.0 Å². The van der Waals surface area contributed by atoms with Gasteiger partial charge in [-0.05, 0) is 56.9 Å². The van der Waals surface area contributed by atoms with Gasteiger partial charge in [-0.1, -0.05) is 0 Å². The van der Waals surface area contributed by atoms with E-state index in [0.717, 1.165) is 29.4 Å². The number of nitrogens with zero attached hydrogens (tertiary/aromatic N) is 1. The lowest BCUT2D eigenvalue weighted by atomic mass is 10.0. The molecule has 1 aromatic heterocycles. The Morgan fingerprint density at radius 3 is 2.50 bits per heavy atom. The summed E-state index contributed by atoms with van der Waals surface area (Å²) >= 11 is 0. The maximum Gasteiger partial charge on any atom is 0.326 e. The van der Waals surface area contributed by atoms with Gasteiger partial charge in [0, 0.05) is 11.4 Å². The average molecular weight is 301 g/mol. The van der Waals surface area contributed by atoms with Crippen LogP contribution in [0, 0.1) is 13.8 Å². The zero-order chi connectivity index (χ0) is 16.0. The fourth-order valence-corrected chi connectivity index (χ4v) is 2.72. The topological polar surface area (TPSA) is 70.8 Å². The summed E-state index contributed by atoms with van der Waals surface area (Å²) in [4.78, 5) is 25.6. The lowest BCUT2D eigenvalue weighted by Gasteiger charge is -2.26. The van der Waals surface area contributed by atoms with Crippen molar-refractivity contribution in [3.63, 3.8) is 0 Å². The van der Waals surface area contributed by atoms with E-state index < -0.39 is 12.0 Å². The molecule has 1 aromatic carbocycles. The number of benzene rings is 1. The summed E-state index contributed by atoms with van der Waals surface area (Å²) in [6.45, 7) is 5.52. The van der Waals surface area contributed by atoms with Gasteiger partial charge >= 0.3 is 5.97 Å². The van der Waals surface area contributed by atoms with Gasteiger partial charge in [0.2, 0.25) is 0 Å². The van der Waals surface area contributed by atoms with Crippen LogP contribution >= 0.6 is 0 Å².